The van der Waals surface area contributed by atoms with Gasteiger partial charge in [-0.05, 0) is 31.6 Å². The number of ether oxygens (including phenoxy) is 2. The van der Waals surface area contributed by atoms with E-state index in [2.05, 4.69) is 18.6 Å². The lowest BCUT2D eigenvalue weighted by molar-refractivity contribution is -0.140. The molecule has 0 aromatic heterocycles. The van der Waals surface area contributed by atoms with Gasteiger partial charge in [0, 0.05) is 6.42 Å². The topological polar surface area (TPSA) is 35.5 Å². The number of hydrogen-bond donors (Lipinski definition) is 0. The molecular weight excluding hydrogens is 288 g/mol. The van der Waals surface area contributed by atoms with Gasteiger partial charge in [-0.3, -0.25) is 4.79 Å². The second kappa shape index (κ2) is 12.8. The van der Waals surface area contributed by atoms with Gasteiger partial charge < -0.3 is 9.47 Å². The van der Waals surface area contributed by atoms with E-state index < -0.39 is 0 Å². The predicted molar refractivity (Wildman–Crippen MR) is 95.5 cm³/mol. The number of carbonyl (C=O) groups excluding carboxylic acids is 1. The molecule has 1 aliphatic heterocycles. The number of hydrogen-bond acceptors (Lipinski definition) is 3. The van der Waals surface area contributed by atoms with Crippen molar-refractivity contribution in [1.29, 1.82) is 0 Å². The summed E-state index contributed by atoms with van der Waals surface area (Å²) < 4.78 is 10.9. The maximum absolute atomic E-state index is 11.0. The van der Waals surface area contributed by atoms with Crippen molar-refractivity contribution in [2.24, 2.45) is 5.92 Å². The van der Waals surface area contributed by atoms with Crippen molar-refractivity contribution in [2.75, 3.05) is 7.11 Å². The van der Waals surface area contributed by atoms with Crippen molar-refractivity contribution >= 4 is 5.97 Å². The van der Waals surface area contributed by atoms with Gasteiger partial charge in [0.05, 0.1) is 19.3 Å². The van der Waals surface area contributed by atoms with Crippen molar-refractivity contribution in [3.8, 4) is 0 Å². The molecule has 1 aliphatic rings. The molecule has 136 valence electrons. The Morgan fingerprint density at radius 1 is 1.00 bits per heavy atom. The minimum Gasteiger partial charge on any atom is -0.469 e. The molecule has 1 rings (SSSR count). The number of rotatable bonds is 13. The zero-order valence-corrected chi connectivity index (χ0v) is 15.6. The first-order valence-corrected chi connectivity index (χ1v) is 9.89. The average Bonchev–Trinajstić information content (AvgIpc) is 2.90. The van der Waals surface area contributed by atoms with E-state index in [0.29, 0.717) is 18.6 Å². The maximum atomic E-state index is 11.0. The predicted octanol–water partition coefficient (Wildman–Crippen LogP) is 5.65. The van der Waals surface area contributed by atoms with Crippen molar-refractivity contribution in [3.05, 3.63) is 0 Å². The van der Waals surface area contributed by atoms with Crippen LogP contribution in [0.4, 0.5) is 0 Å². The third kappa shape index (κ3) is 9.34. The van der Waals surface area contributed by atoms with Gasteiger partial charge in [0.15, 0.2) is 0 Å². The second-order valence-electron chi connectivity index (χ2n) is 7.24. The zero-order chi connectivity index (χ0) is 16.9. The highest BCUT2D eigenvalue weighted by Crippen LogP contribution is 2.32. The van der Waals surface area contributed by atoms with Gasteiger partial charge in [-0.15, -0.1) is 0 Å². The van der Waals surface area contributed by atoms with Crippen LogP contribution in [0.15, 0.2) is 0 Å². The van der Waals surface area contributed by atoms with Crippen LogP contribution >= 0.6 is 0 Å². The van der Waals surface area contributed by atoms with Crippen molar-refractivity contribution in [2.45, 2.75) is 110 Å². The van der Waals surface area contributed by atoms with E-state index in [1.54, 1.807) is 0 Å². The van der Waals surface area contributed by atoms with E-state index in [0.717, 1.165) is 18.8 Å². The highest BCUT2D eigenvalue weighted by molar-refractivity contribution is 5.68. The van der Waals surface area contributed by atoms with E-state index in [-0.39, 0.29) is 5.97 Å². The highest BCUT2D eigenvalue weighted by Gasteiger charge is 2.30. The first kappa shape index (κ1) is 20.5. The Morgan fingerprint density at radius 2 is 1.65 bits per heavy atom. The van der Waals surface area contributed by atoms with E-state index in [1.807, 2.05) is 0 Å². The molecule has 0 aliphatic carbocycles. The number of methoxy groups -OCH3 is 1. The van der Waals surface area contributed by atoms with Gasteiger partial charge in [0.1, 0.15) is 0 Å². The van der Waals surface area contributed by atoms with Gasteiger partial charge in [-0.1, -0.05) is 65.2 Å². The maximum Gasteiger partial charge on any atom is 0.305 e. The fourth-order valence-electron chi connectivity index (χ4n) is 3.59. The van der Waals surface area contributed by atoms with E-state index in [4.69, 9.17) is 4.74 Å². The quantitative estimate of drug-likeness (QED) is 0.324. The largest absolute Gasteiger partial charge is 0.469 e. The Morgan fingerprint density at radius 3 is 2.35 bits per heavy atom. The van der Waals surface area contributed by atoms with Gasteiger partial charge in [0.2, 0.25) is 0 Å². The lowest BCUT2D eigenvalue weighted by Gasteiger charge is -2.15. The van der Waals surface area contributed by atoms with Gasteiger partial charge in [-0.25, -0.2) is 0 Å². The summed E-state index contributed by atoms with van der Waals surface area (Å²) in [4.78, 5) is 11.0. The standard InChI is InChI=1S/C20H38O3/c1-4-5-10-13-18-16-17(2)19(23-18)14-11-8-6-7-9-12-15-20(21)22-3/h17-19H,4-16H2,1-3H3. The van der Waals surface area contributed by atoms with Crippen molar-refractivity contribution < 1.29 is 14.3 Å². The summed E-state index contributed by atoms with van der Waals surface area (Å²) in [6.45, 7) is 4.62. The van der Waals surface area contributed by atoms with E-state index in [1.165, 1.54) is 71.3 Å². The molecule has 3 atom stereocenters. The minimum absolute atomic E-state index is 0.0779. The molecule has 3 heteroatoms. The molecule has 0 aromatic rings. The van der Waals surface area contributed by atoms with Crippen LogP contribution in [0.25, 0.3) is 0 Å². The summed E-state index contributed by atoms with van der Waals surface area (Å²) in [5, 5.41) is 0. The Kier molecular flexibility index (Phi) is 11.4. The van der Waals surface area contributed by atoms with Crippen LogP contribution < -0.4 is 0 Å². The van der Waals surface area contributed by atoms with Crippen LogP contribution in [0.5, 0.6) is 0 Å². The van der Waals surface area contributed by atoms with Gasteiger partial charge in [0.25, 0.3) is 0 Å². The first-order valence-electron chi connectivity index (χ1n) is 9.89. The third-order valence-electron chi connectivity index (χ3n) is 5.11. The Hall–Kier alpha value is -0.570. The molecule has 1 fully saturated rings. The second-order valence-corrected chi connectivity index (χ2v) is 7.24. The molecule has 1 heterocycles. The van der Waals surface area contributed by atoms with Crippen LogP contribution in [0, 0.1) is 5.92 Å². The normalized spacial score (nSPS) is 24.0. The smallest absolute Gasteiger partial charge is 0.305 e. The van der Waals surface area contributed by atoms with Gasteiger partial charge >= 0.3 is 5.97 Å². The fourth-order valence-corrected chi connectivity index (χ4v) is 3.59. The molecule has 0 aromatic carbocycles. The average molecular weight is 327 g/mol. The van der Waals surface area contributed by atoms with Crippen molar-refractivity contribution in [3.63, 3.8) is 0 Å². The molecule has 0 radical (unpaired) electrons. The summed E-state index contributed by atoms with van der Waals surface area (Å²) in [5.41, 5.74) is 0. The molecule has 0 saturated carbocycles. The number of carbonyl (C=O) groups is 1. The van der Waals surface area contributed by atoms with Gasteiger partial charge in [-0.2, -0.15) is 0 Å². The summed E-state index contributed by atoms with van der Waals surface area (Å²) in [7, 11) is 1.46. The van der Waals surface area contributed by atoms with Crippen LogP contribution in [0.3, 0.4) is 0 Å². The highest BCUT2D eigenvalue weighted by atomic mass is 16.5. The summed E-state index contributed by atoms with van der Waals surface area (Å²) in [6.07, 6.45) is 16.5. The van der Waals surface area contributed by atoms with Crippen molar-refractivity contribution in [1.82, 2.24) is 0 Å². The summed E-state index contributed by atoms with van der Waals surface area (Å²) in [6, 6.07) is 0. The lowest BCUT2D eigenvalue weighted by Crippen LogP contribution is -2.14. The van der Waals surface area contributed by atoms with Crippen LogP contribution in [0.2, 0.25) is 0 Å². The first-order chi connectivity index (χ1) is 11.2. The number of unbranched alkanes of at least 4 members (excludes halogenated alkanes) is 7. The molecular formula is C20H38O3. The summed E-state index contributed by atoms with van der Waals surface area (Å²) >= 11 is 0. The molecule has 23 heavy (non-hydrogen) atoms. The SMILES string of the molecule is CCCCCC1CC(C)C(CCCCCCCCC(=O)OC)O1. The van der Waals surface area contributed by atoms with Crippen LogP contribution in [-0.2, 0) is 14.3 Å². The molecule has 1 saturated heterocycles. The molecule has 0 N–H and O–H groups in total. The van der Waals surface area contributed by atoms with E-state index >= 15 is 0 Å². The molecule has 0 spiro atoms. The van der Waals surface area contributed by atoms with Crippen LogP contribution in [-0.4, -0.2) is 25.3 Å². The third-order valence-corrected chi connectivity index (χ3v) is 5.11. The number of esters is 1. The minimum atomic E-state index is -0.0779. The fraction of sp³-hybridized carbons (Fsp3) is 0.950. The monoisotopic (exact) mass is 326 g/mol. The Labute approximate surface area is 143 Å². The Bertz CT molecular complexity index is 303. The Balaban J connectivity index is 1.96. The van der Waals surface area contributed by atoms with E-state index in [9.17, 15) is 4.79 Å². The molecule has 0 bridgehead atoms. The lowest BCUT2D eigenvalue weighted by atomic mass is 9.95. The zero-order valence-electron chi connectivity index (χ0n) is 15.6. The molecule has 3 unspecified atom stereocenters. The summed E-state index contributed by atoms with van der Waals surface area (Å²) in [5.74, 6) is 0.660. The molecule has 0 amide bonds. The molecule has 3 nitrogen and oxygen atoms in total. The van der Waals surface area contributed by atoms with Crippen LogP contribution in [0.1, 0.15) is 97.3 Å².